The summed E-state index contributed by atoms with van der Waals surface area (Å²) in [6.07, 6.45) is 0.811. The monoisotopic (exact) mass is 311 g/mol. The summed E-state index contributed by atoms with van der Waals surface area (Å²) >= 11 is 0. The second-order valence-corrected chi connectivity index (χ2v) is 7.01. The largest absolute Gasteiger partial charge is 0.478 e. The first-order valence-corrected chi connectivity index (χ1v) is 7.94. The number of hydrogen-bond acceptors (Lipinski definition) is 2. The summed E-state index contributed by atoms with van der Waals surface area (Å²) in [5.74, 6) is -0.663. The van der Waals surface area contributed by atoms with Gasteiger partial charge in [-0.3, -0.25) is 0 Å². The van der Waals surface area contributed by atoms with Gasteiger partial charge in [0.15, 0.2) is 0 Å². The fraction of sp³-hybridized carbons (Fsp3) is 0.350. The van der Waals surface area contributed by atoms with Gasteiger partial charge in [0.1, 0.15) is 0 Å². The summed E-state index contributed by atoms with van der Waals surface area (Å²) in [7, 11) is 0. The summed E-state index contributed by atoms with van der Waals surface area (Å²) in [5.41, 5.74) is 10.1. The van der Waals surface area contributed by atoms with Crippen molar-refractivity contribution >= 4 is 5.97 Å². The van der Waals surface area contributed by atoms with E-state index in [2.05, 4.69) is 45.0 Å². The van der Waals surface area contributed by atoms with E-state index >= 15 is 0 Å². The van der Waals surface area contributed by atoms with Crippen molar-refractivity contribution in [2.45, 2.75) is 38.5 Å². The topological polar surface area (TPSA) is 63.3 Å². The lowest BCUT2D eigenvalue weighted by molar-refractivity contribution is 0.0697. The van der Waals surface area contributed by atoms with E-state index in [1.165, 1.54) is 11.1 Å². The molecule has 122 valence electrons. The molecule has 2 aromatic rings. The van der Waals surface area contributed by atoms with E-state index in [1.807, 2.05) is 12.1 Å². The number of hydrogen-bond donors (Lipinski definition) is 2. The number of nitrogens with two attached hydrogens (primary N) is 1. The van der Waals surface area contributed by atoms with Crippen molar-refractivity contribution in [2.24, 2.45) is 5.73 Å². The van der Waals surface area contributed by atoms with E-state index in [-0.39, 0.29) is 11.3 Å². The van der Waals surface area contributed by atoms with Crippen molar-refractivity contribution in [1.29, 1.82) is 0 Å². The minimum absolute atomic E-state index is 0.142. The normalized spacial score (nSPS) is 12.9. The highest BCUT2D eigenvalue weighted by Gasteiger charge is 2.15. The Morgan fingerprint density at radius 3 is 2.04 bits per heavy atom. The van der Waals surface area contributed by atoms with Crippen LogP contribution >= 0.6 is 0 Å². The third-order valence-corrected chi connectivity index (χ3v) is 4.22. The van der Waals surface area contributed by atoms with Crippen LogP contribution in [0.4, 0.5) is 0 Å². The molecule has 0 aliphatic rings. The van der Waals surface area contributed by atoms with Crippen molar-refractivity contribution in [1.82, 2.24) is 0 Å². The quantitative estimate of drug-likeness (QED) is 0.878. The highest BCUT2D eigenvalue weighted by atomic mass is 16.4. The molecule has 3 nitrogen and oxygen atoms in total. The molecule has 0 aliphatic heterocycles. The van der Waals surface area contributed by atoms with Crippen LogP contribution in [0.15, 0.2) is 48.5 Å². The number of carboxylic acid groups (broad SMARTS) is 1. The molecule has 0 saturated carbocycles. The highest BCUT2D eigenvalue weighted by molar-refractivity contribution is 5.87. The lowest BCUT2D eigenvalue weighted by atomic mass is 9.84. The van der Waals surface area contributed by atoms with E-state index < -0.39 is 5.97 Å². The van der Waals surface area contributed by atoms with E-state index in [0.29, 0.717) is 12.1 Å². The summed E-state index contributed by atoms with van der Waals surface area (Å²) in [4.78, 5) is 10.9. The van der Waals surface area contributed by atoms with Crippen molar-refractivity contribution in [3.8, 4) is 0 Å². The second kappa shape index (κ2) is 6.97. The number of carbonyl (C=O) groups is 1. The predicted molar refractivity (Wildman–Crippen MR) is 94.0 cm³/mol. The molecule has 1 unspecified atom stereocenters. The zero-order valence-corrected chi connectivity index (χ0v) is 14.0. The Labute approximate surface area is 138 Å². The molecule has 0 aromatic heterocycles. The number of carboxylic acids is 1. The Morgan fingerprint density at radius 2 is 1.61 bits per heavy atom. The molecule has 1 atom stereocenters. The van der Waals surface area contributed by atoms with Gasteiger partial charge in [-0.25, -0.2) is 4.79 Å². The van der Waals surface area contributed by atoms with Crippen LogP contribution in [-0.2, 0) is 11.8 Å². The van der Waals surface area contributed by atoms with Crippen LogP contribution in [0.3, 0.4) is 0 Å². The Bertz CT molecular complexity index is 652. The van der Waals surface area contributed by atoms with Crippen LogP contribution in [0.5, 0.6) is 0 Å². The van der Waals surface area contributed by atoms with Gasteiger partial charge in [-0.15, -0.1) is 0 Å². The fourth-order valence-corrected chi connectivity index (χ4v) is 2.66. The molecule has 0 fully saturated rings. The van der Waals surface area contributed by atoms with Gasteiger partial charge in [0.2, 0.25) is 0 Å². The molecule has 2 rings (SSSR count). The lowest BCUT2D eigenvalue weighted by Gasteiger charge is -2.21. The minimum atomic E-state index is -0.898. The first-order valence-electron chi connectivity index (χ1n) is 7.94. The molecule has 0 aliphatic carbocycles. The van der Waals surface area contributed by atoms with Crippen LogP contribution in [0.1, 0.15) is 53.7 Å². The Hall–Kier alpha value is -2.13. The van der Waals surface area contributed by atoms with Gasteiger partial charge >= 0.3 is 5.97 Å². The number of aromatic carboxylic acids is 1. The van der Waals surface area contributed by atoms with Crippen molar-refractivity contribution < 1.29 is 9.90 Å². The van der Waals surface area contributed by atoms with Gasteiger partial charge in [0.25, 0.3) is 0 Å². The number of benzene rings is 2. The van der Waals surface area contributed by atoms with E-state index in [4.69, 9.17) is 10.8 Å². The van der Waals surface area contributed by atoms with Gasteiger partial charge in [-0.05, 0) is 47.2 Å². The van der Waals surface area contributed by atoms with Gasteiger partial charge in [0, 0.05) is 5.92 Å². The SMILES string of the molecule is CC(C)(C)c1ccc(C(CN)Cc2ccc(C(=O)O)cc2)cc1. The molecule has 3 heteroatoms. The molecule has 0 bridgehead atoms. The summed E-state index contributed by atoms with van der Waals surface area (Å²) in [5, 5.41) is 8.95. The predicted octanol–water partition coefficient (Wildman–Crippen LogP) is 3.97. The summed E-state index contributed by atoms with van der Waals surface area (Å²) in [6, 6.07) is 15.7. The second-order valence-electron chi connectivity index (χ2n) is 7.01. The van der Waals surface area contributed by atoms with Gasteiger partial charge in [0.05, 0.1) is 5.56 Å². The fourth-order valence-electron chi connectivity index (χ4n) is 2.66. The van der Waals surface area contributed by atoms with Crippen LogP contribution in [0.2, 0.25) is 0 Å². The third-order valence-electron chi connectivity index (χ3n) is 4.22. The first kappa shape index (κ1) is 17.2. The van der Waals surface area contributed by atoms with E-state index in [0.717, 1.165) is 12.0 Å². The van der Waals surface area contributed by atoms with Crippen molar-refractivity contribution in [2.75, 3.05) is 6.54 Å². The van der Waals surface area contributed by atoms with Gasteiger partial charge in [-0.1, -0.05) is 57.2 Å². The Balaban J connectivity index is 2.15. The molecule has 0 heterocycles. The standard InChI is InChI=1S/C20H25NO2/c1-20(2,3)18-10-8-15(9-11-18)17(13-21)12-14-4-6-16(7-5-14)19(22)23/h4-11,17H,12-13,21H2,1-3H3,(H,22,23). The molecular formula is C20H25NO2. The first-order chi connectivity index (χ1) is 10.8. The Kier molecular flexibility index (Phi) is 5.22. The van der Waals surface area contributed by atoms with Crippen molar-refractivity contribution in [3.05, 3.63) is 70.8 Å². The highest BCUT2D eigenvalue weighted by Crippen LogP contribution is 2.26. The van der Waals surface area contributed by atoms with Crippen LogP contribution < -0.4 is 5.73 Å². The van der Waals surface area contributed by atoms with Crippen LogP contribution in [0, 0.1) is 0 Å². The molecule has 0 spiro atoms. The molecule has 2 aromatic carbocycles. The minimum Gasteiger partial charge on any atom is -0.478 e. The summed E-state index contributed by atoms with van der Waals surface area (Å²) < 4.78 is 0. The maximum Gasteiger partial charge on any atom is 0.335 e. The van der Waals surface area contributed by atoms with E-state index in [1.54, 1.807) is 12.1 Å². The number of rotatable bonds is 5. The average Bonchev–Trinajstić information content (AvgIpc) is 2.52. The van der Waals surface area contributed by atoms with E-state index in [9.17, 15) is 4.79 Å². The molecular weight excluding hydrogens is 286 g/mol. The molecule has 3 N–H and O–H groups in total. The van der Waals surface area contributed by atoms with Gasteiger partial charge < -0.3 is 10.8 Å². The molecule has 0 saturated heterocycles. The molecule has 0 amide bonds. The summed E-state index contributed by atoms with van der Waals surface area (Å²) in [6.45, 7) is 7.17. The molecule has 23 heavy (non-hydrogen) atoms. The van der Waals surface area contributed by atoms with Crippen molar-refractivity contribution in [3.63, 3.8) is 0 Å². The lowest BCUT2D eigenvalue weighted by Crippen LogP contribution is -2.16. The maximum atomic E-state index is 10.9. The average molecular weight is 311 g/mol. The maximum absolute atomic E-state index is 10.9. The zero-order valence-electron chi connectivity index (χ0n) is 14.0. The Morgan fingerprint density at radius 1 is 1.04 bits per heavy atom. The smallest absolute Gasteiger partial charge is 0.335 e. The van der Waals surface area contributed by atoms with Crippen LogP contribution in [0.25, 0.3) is 0 Å². The zero-order chi connectivity index (χ0) is 17.0. The van der Waals surface area contributed by atoms with Gasteiger partial charge in [-0.2, -0.15) is 0 Å². The van der Waals surface area contributed by atoms with Crippen LogP contribution in [-0.4, -0.2) is 17.6 Å². The molecule has 0 radical (unpaired) electrons. The third kappa shape index (κ3) is 4.42.